The third-order valence-corrected chi connectivity index (χ3v) is 2.32. The van der Waals surface area contributed by atoms with E-state index in [1.165, 1.54) is 7.11 Å². The second-order valence-corrected chi connectivity index (χ2v) is 3.85. The molecule has 0 aliphatic carbocycles. The maximum Gasteiger partial charge on any atom is 0.407 e. The van der Waals surface area contributed by atoms with Crippen molar-refractivity contribution in [2.45, 2.75) is 19.3 Å². The second kappa shape index (κ2) is 8.10. The SMILES string of the molecule is COCCOC(=O)NCCC(=O)ON1C(=O)CCC1=O. The molecule has 3 amide bonds. The third-order valence-electron chi connectivity index (χ3n) is 2.32. The Morgan fingerprint density at radius 3 is 2.45 bits per heavy atom. The van der Waals surface area contributed by atoms with Crippen molar-refractivity contribution >= 4 is 23.9 Å². The van der Waals surface area contributed by atoms with Crippen molar-refractivity contribution < 1.29 is 33.5 Å². The van der Waals surface area contributed by atoms with E-state index in [4.69, 9.17) is 0 Å². The highest BCUT2D eigenvalue weighted by Gasteiger charge is 2.32. The average Bonchev–Trinajstić information content (AvgIpc) is 2.71. The zero-order valence-electron chi connectivity index (χ0n) is 11.0. The van der Waals surface area contributed by atoms with Gasteiger partial charge in [-0.2, -0.15) is 0 Å². The summed E-state index contributed by atoms with van der Waals surface area (Å²) in [6, 6.07) is 0. The summed E-state index contributed by atoms with van der Waals surface area (Å²) in [7, 11) is 1.47. The Kier molecular flexibility index (Phi) is 6.44. The summed E-state index contributed by atoms with van der Waals surface area (Å²) >= 11 is 0. The minimum Gasteiger partial charge on any atom is -0.447 e. The molecule has 1 fully saturated rings. The molecule has 0 unspecified atom stereocenters. The Morgan fingerprint density at radius 1 is 1.20 bits per heavy atom. The summed E-state index contributed by atoms with van der Waals surface area (Å²) in [4.78, 5) is 49.4. The zero-order chi connectivity index (χ0) is 15.0. The highest BCUT2D eigenvalue weighted by molar-refractivity contribution is 6.01. The lowest BCUT2D eigenvalue weighted by Crippen LogP contribution is -2.34. The standard InChI is InChI=1S/C11H16N2O7/c1-18-6-7-19-11(17)12-5-4-10(16)20-13-8(14)2-3-9(13)15/h2-7H2,1H3,(H,12,17). The first kappa shape index (κ1) is 15.9. The average molecular weight is 288 g/mol. The first-order valence-electron chi connectivity index (χ1n) is 6.00. The van der Waals surface area contributed by atoms with Gasteiger partial charge >= 0.3 is 12.1 Å². The first-order chi connectivity index (χ1) is 9.54. The number of hydrogen-bond acceptors (Lipinski definition) is 7. The van der Waals surface area contributed by atoms with Crippen LogP contribution in [0.5, 0.6) is 0 Å². The van der Waals surface area contributed by atoms with Gasteiger partial charge in [0.25, 0.3) is 11.8 Å². The quantitative estimate of drug-likeness (QED) is 0.489. The number of methoxy groups -OCH3 is 1. The highest BCUT2D eigenvalue weighted by atomic mass is 16.7. The monoisotopic (exact) mass is 288 g/mol. The fraction of sp³-hybridized carbons (Fsp3) is 0.636. The molecule has 0 bridgehead atoms. The van der Waals surface area contributed by atoms with Gasteiger partial charge in [-0.1, -0.05) is 0 Å². The van der Waals surface area contributed by atoms with Gasteiger partial charge in [0.05, 0.1) is 13.0 Å². The Morgan fingerprint density at radius 2 is 1.85 bits per heavy atom. The van der Waals surface area contributed by atoms with Gasteiger partial charge in [0.15, 0.2) is 0 Å². The van der Waals surface area contributed by atoms with E-state index in [1.54, 1.807) is 0 Å². The molecule has 0 atom stereocenters. The van der Waals surface area contributed by atoms with Crippen LogP contribution in [0.25, 0.3) is 0 Å². The molecule has 9 nitrogen and oxygen atoms in total. The topological polar surface area (TPSA) is 111 Å². The number of carbonyl (C=O) groups is 4. The molecule has 9 heteroatoms. The number of ether oxygens (including phenoxy) is 2. The van der Waals surface area contributed by atoms with Crippen LogP contribution < -0.4 is 5.32 Å². The van der Waals surface area contributed by atoms with Crippen LogP contribution in [-0.2, 0) is 28.7 Å². The number of alkyl carbamates (subject to hydrolysis) is 1. The molecule has 0 radical (unpaired) electrons. The second-order valence-electron chi connectivity index (χ2n) is 3.85. The predicted molar refractivity (Wildman–Crippen MR) is 63.0 cm³/mol. The van der Waals surface area contributed by atoms with Gasteiger partial charge in [-0.05, 0) is 0 Å². The van der Waals surface area contributed by atoms with Crippen molar-refractivity contribution in [3.8, 4) is 0 Å². The summed E-state index contributed by atoms with van der Waals surface area (Å²) in [6.07, 6.45) is -0.800. The smallest absolute Gasteiger partial charge is 0.407 e. The number of nitrogens with zero attached hydrogens (tertiary/aromatic N) is 1. The lowest BCUT2D eigenvalue weighted by atomic mass is 10.4. The molecule has 0 spiro atoms. The molecule has 112 valence electrons. The molecule has 20 heavy (non-hydrogen) atoms. The van der Waals surface area contributed by atoms with Gasteiger partial charge in [-0.3, -0.25) is 9.59 Å². The Hall–Kier alpha value is -2.16. The van der Waals surface area contributed by atoms with E-state index in [1.807, 2.05) is 0 Å². The Labute approximate surface area is 115 Å². The van der Waals surface area contributed by atoms with Gasteiger partial charge in [0, 0.05) is 26.5 Å². The van der Waals surface area contributed by atoms with Gasteiger partial charge in [0.1, 0.15) is 6.61 Å². The molecule has 0 aromatic heterocycles. The summed E-state index contributed by atoms with van der Waals surface area (Å²) in [5, 5.41) is 2.77. The number of hydroxylamine groups is 2. The molecule has 1 aliphatic rings. The third kappa shape index (κ3) is 5.22. The van der Waals surface area contributed by atoms with Gasteiger partial charge < -0.3 is 19.6 Å². The Balaban J connectivity index is 2.15. The molecular formula is C11H16N2O7. The summed E-state index contributed by atoms with van der Waals surface area (Å²) in [5.41, 5.74) is 0. The van der Waals surface area contributed by atoms with E-state index in [0.29, 0.717) is 5.06 Å². The van der Waals surface area contributed by atoms with Crippen molar-refractivity contribution in [1.82, 2.24) is 10.4 Å². The number of imide groups is 1. The lowest BCUT2D eigenvalue weighted by molar-refractivity contribution is -0.197. The summed E-state index contributed by atoms with van der Waals surface area (Å²) < 4.78 is 9.37. The van der Waals surface area contributed by atoms with Gasteiger partial charge in [-0.25, -0.2) is 9.59 Å². The maximum absolute atomic E-state index is 11.4. The normalized spacial score (nSPS) is 14.3. The van der Waals surface area contributed by atoms with Gasteiger partial charge in [-0.15, -0.1) is 5.06 Å². The molecule has 1 rings (SSSR count). The molecule has 1 heterocycles. The van der Waals surface area contributed by atoms with Crippen LogP contribution in [0.3, 0.4) is 0 Å². The van der Waals surface area contributed by atoms with Crippen LogP contribution in [0.15, 0.2) is 0 Å². The minimum absolute atomic E-state index is 0.0269. The largest absolute Gasteiger partial charge is 0.447 e. The van der Waals surface area contributed by atoms with Crippen LogP contribution in [0.4, 0.5) is 4.79 Å². The van der Waals surface area contributed by atoms with Crippen LogP contribution in [0.2, 0.25) is 0 Å². The Bertz CT molecular complexity index is 380. The van der Waals surface area contributed by atoms with E-state index >= 15 is 0 Å². The van der Waals surface area contributed by atoms with E-state index < -0.39 is 23.9 Å². The summed E-state index contributed by atoms with van der Waals surface area (Å²) in [6.45, 7) is 0.346. The van der Waals surface area contributed by atoms with Crippen LogP contribution in [-0.4, -0.2) is 55.8 Å². The van der Waals surface area contributed by atoms with Crippen LogP contribution in [0.1, 0.15) is 19.3 Å². The predicted octanol–water partition coefficient (Wildman–Crippen LogP) is -0.644. The lowest BCUT2D eigenvalue weighted by Gasteiger charge is -2.12. The van der Waals surface area contributed by atoms with E-state index in [0.717, 1.165) is 0 Å². The van der Waals surface area contributed by atoms with Gasteiger partial charge in [0.2, 0.25) is 0 Å². The van der Waals surface area contributed by atoms with Crippen LogP contribution in [0, 0.1) is 0 Å². The van der Waals surface area contributed by atoms with Crippen molar-refractivity contribution in [3.05, 3.63) is 0 Å². The molecule has 0 saturated carbocycles. The molecule has 1 saturated heterocycles. The van der Waals surface area contributed by atoms with Crippen molar-refractivity contribution in [1.29, 1.82) is 0 Å². The maximum atomic E-state index is 11.4. The van der Waals surface area contributed by atoms with Crippen molar-refractivity contribution in [3.63, 3.8) is 0 Å². The number of carbonyl (C=O) groups excluding carboxylic acids is 4. The van der Waals surface area contributed by atoms with Crippen molar-refractivity contribution in [2.75, 3.05) is 26.9 Å². The number of nitrogens with one attached hydrogen (secondary N) is 1. The fourth-order valence-electron chi connectivity index (χ4n) is 1.34. The first-order valence-corrected chi connectivity index (χ1v) is 6.00. The van der Waals surface area contributed by atoms with E-state index in [-0.39, 0.29) is 39.0 Å². The van der Waals surface area contributed by atoms with E-state index in [2.05, 4.69) is 19.6 Å². The highest BCUT2D eigenvalue weighted by Crippen LogP contribution is 2.12. The molecule has 0 aromatic rings. The molecule has 1 aliphatic heterocycles. The summed E-state index contributed by atoms with van der Waals surface area (Å²) in [5.74, 6) is -1.88. The molecule has 0 aromatic carbocycles. The number of amides is 3. The zero-order valence-corrected chi connectivity index (χ0v) is 11.0. The number of hydrogen-bond donors (Lipinski definition) is 1. The minimum atomic E-state index is -0.786. The molecular weight excluding hydrogens is 272 g/mol. The van der Waals surface area contributed by atoms with E-state index in [9.17, 15) is 19.2 Å². The fourth-order valence-corrected chi connectivity index (χ4v) is 1.34. The number of rotatable bonds is 7. The molecule has 1 N–H and O–H groups in total. The van der Waals surface area contributed by atoms with Crippen molar-refractivity contribution in [2.24, 2.45) is 0 Å². The van der Waals surface area contributed by atoms with Crippen LogP contribution >= 0.6 is 0 Å².